The molecule has 122 valence electrons. The minimum Gasteiger partial charge on any atom is -0.491 e. The van der Waals surface area contributed by atoms with Gasteiger partial charge in [0, 0.05) is 27.2 Å². The molecule has 0 bridgehead atoms. The van der Waals surface area contributed by atoms with Crippen molar-refractivity contribution in [3.8, 4) is 5.75 Å². The van der Waals surface area contributed by atoms with E-state index in [1.165, 1.54) is 6.07 Å². The van der Waals surface area contributed by atoms with E-state index in [9.17, 15) is 4.39 Å². The summed E-state index contributed by atoms with van der Waals surface area (Å²) < 4.78 is 19.0. The number of nitrogens with one attached hydrogen (secondary N) is 1. The van der Waals surface area contributed by atoms with Crippen molar-refractivity contribution in [2.75, 3.05) is 27.2 Å². The van der Waals surface area contributed by atoms with Crippen LogP contribution in [-0.2, 0) is 6.54 Å². The Kier molecular flexibility index (Phi) is 8.04. The van der Waals surface area contributed by atoms with Crippen LogP contribution in [0.25, 0.3) is 0 Å². The zero-order chi connectivity index (χ0) is 16.4. The van der Waals surface area contributed by atoms with Crippen LogP contribution in [0.3, 0.4) is 0 Å². The highest BCUT2D eigenvalue weighted by Gasteiger charge is 2.07. The second-order valence-corrected chi connectivity index (χ2v) is 4.95. The lowest BCUT2D eigenvalue weighted by Gasteiger charge is -2.22. The third kappa shape index (κ3) is 5.76. The second-order valence-electron chi connectivity index (χ2n) is 4.95. The predicted molar refractivity (Wildman–Crippen MR) is 89.8 cm³/mol. The zero-order valence-electron chi connectivity index (χ0n) is 13.7. The van der Waals surface area contributed by atoms with Crippen molar-refractivity contribution >= 4 is 5.96 Å². The van der Waals surface area contributed by atoms with Crippen LogP contribution in [0.5, 0.6) is 5.75 Å². The summed E-state index contributed by atoms with van der Waals surface area (Å²) in [4.78, 5) is 6.29. The minimum atomic E-state index is -0.338. The van der Waals surface area contributed by atoms with E-state index < -0.39 is 0 Å². The molecule has 0 aromatic heterocycles. The van der Waals surface area contributed by atoms with Crippen LogP contribution < -0.4 is 10.1 Å². The Balaban J connectivity index is 2.56. The summed E-state index contributed by atoms with van der Waals surface area (Å²) in [6, 6.07) is 5.00. The first kappa shape index (κ1) is 18.0. The third-order valence-corrected chi connectivity index (χ3v) is 3.22. The molecular formula is C17H26FN3O. The molecule has 0 atom stereocenters. The molecule has 0 amide bonds. The second kappa shape index (κ2) is 9.82. The summed E-state index contributed by atoms with van der Waals surface area (Å²) >= 11 is 0. The van der Waals surface area contributed by atoms with Gasteiger partial charge >= 0.3 is 0 Å². The molecule has 22 heavy (non-hydrogen) atoms. The molecule has 0 spiro atoms. The van der Waals surface area contributed by atoms with Gasteiger partial charge in [0.15, 0.2) is 17.5 Å². The van der Waals surface area contributed by atoms with Crippen molar-refractivity contribution in [2.45, 2.75) is 26.3 Å². The number of hydrogen-bond acceptors (Lipinski definition) is 2. The molecule has 0 radical (unpaired) electrons. The standard InChI is InChI=1S/C17H26FN3O/c1-5-7-8-11-21(4)17(19-3)20-13-14-9-10-16(22-6-2)15(18)12-14/h5,9-10,12H,1,6-8,11,13H2,2-4H3,(H,19,20). The smallest absolute Gasteiger partial charge is 0.193 e. The maximum Gasteiger partial charge on any atom is 0.193 e. The van der Waals surface area contributed by atoms with Crippen molar-refractivity contribution in [1.82, 2.24) is 10.2 Å². The molecule has 1 aromatic rings. The molecule has 0 saturated carbocycles. The van der Waals surface area contributed by atoms with Crippen molar-refractivity contribution in [2.24, 2.45) is 4.99 Å². The number of unbranched alkanes of at least 4 members (excludes halogenated alkanes) is 1. The molecule has 1 N–H and O–H groups in total. The van der Waals surface area contributed by atoms with Gasteiger partial charge in [0.2, 0.25) is 0 Å². The highest BCUT2D eigenvalue weighted by Crippen LogP contribution is 2.18. The Bertz CT molecular complexity index is 503. The summed E-state index contributed by atoms with van der Waals surface area (Å²) in [6.07, 6.45) is 3.91. The highest BCUT2D eigenvalue weighted by atomic mass is 19.1. The molecule has 0 unspecified atom stereocenters. The molecule has 0 aliphatic heterocycles. The van der Waals surface area contributed by atoms with E-state index >= 15 is 0 Å². The van der Waals surface area contributed by atoms with Crippen LogP contribution in [0.1, 0.15) is 25.3 Å². The number of ether oxygens (including phenoxy) is 1. The number of benzene rings is 1. The van der Waals surface area contributed by atoms with Crippen LogP contribution in [0.15, 0.2) is 35.8 Å². The van der Waals surface area contributed by atoms with E-state index in [4.69, 9.17) is 4.74 Å². The first-order valence-corrected chi connectivity index (χ1v) is 7.56. The third-order valence-electron chi connectivity index (χ3n) is 3.22. The maximum atomic E-state index is 13.8. The van der Waals surface area contributed by atoms with E-state index in [0.717, 1.165) is 30.9 Å². The number of allylic oxidation sites excluding steroid dienone is 1. The first-order valence-electron chi connectivity index (χ1n) is 7.56. The average Bonchev–Trinajstić information content (AvgIpc) is 2.51. The first-order chi connectivity index (χ1) is 10.6. The number of halogens is 1. The Morgan fingerprint density at radius 1 is 1.50 bits per heavy atom. The summed E-state index contributed by atoms with van der Waals surface area (Å²) in [5.74, 6) is 0.742. The summed E-state index contributed by atoms with van der Waals surface area (Å²) in [5.41, 5.74) is 0.849. The van der Waals surface area contributed by atoms with Gasteiger partial charge in [-0.1, -0.05) is 12.1 Å². The van der Waals surface area contributed by atoms with Gasteiger partial charge in [0.1, 0.15) is 0 Å². The topological polar surface area (TPSA) is 36.9 Å². The van der Waals surface area contributed by atoms with Gasteiger partial charge in [0.25, 0.3) is 0 Å². The van der Waals surface area contributed by atoms with E-state index in [0.29, 0.717) is 13.2 Å². The van der Waals surface area contributed by atoms with Crippen molar-refractivity contribution in [3.63, 3.8) is 0 Å². The number of aliphatic imine (C=N–C) groups is 1. The van der Waals surface area contributed by atoms with Gasteiger partial charge in [-0.2, -0.15) is 0 Å². The molecule has 5 heteroatoms. The molecule has 0 aliphatic rings. The lowest BCUT2D eigenvalue weighted by molar-refractivity contribution is 0.321. The fraction of sp³-hybridized carbons (Fsp3) is 0.471. The van der Waals surface area contributed by atoms with Gasteiger partial charge < -0.3 is 15.0 Å². The maximum absolute atomic E-state index is 13.8. The summed E-state index contributed by atoms with van der Waals surface area (Å²) in [7, 11) is 3.72. The average molecular weight is 307 g/mol. The monoisotopic (exact) mass is 307 g/mol. The normalized spacial score (nSPS) is 11.2. The SMILES string of the molecule is C=CCCCN(C)C(=NC)NCc1ccc(OCC)c(F)c1. The summed E-state index contributed by atoms with van der Waals surface area (Å²) in [6.45, 7) is 7.41. The lowest BCUT2D eigenvalue weighted by Crippen LogP contribution is -2.38. The van der Waals surface area contributed by atoms with E-state index in [2.05, 4.69) is 21.8 Å². The minimum absolute atomic E-state index is 0.289. The Morgan fingerprint density at radius 3 is 2.86 bits per heavy atom. The number of nitrogens with zero attached hydrogens (tertiary/aromatic N) is 2. The van der Waals surface area contributed by atoms with E-state index in [1.807, 2.05) is 26.1 Å². The van der Waals surface area contributed by atoms with Gasteiger partial charge in [-0.25, -0.2) is 4.39 Å². The Morgan fingerprint density at radius 2 is 2.27 bits per heavy atom. The molecule has 0 saturated heterocycles. The molecule has 0 heterocycles. The zero-order valence-corrected chi connectivity index (χ0v) is 13.7. The van der Waals surface area contributed by atoms with Crippen LogP contribution in [-0.4, -0.2) is 38.1 Å². The fourth-order valence-electron chi connectivity index (χ4n) is 2.07. The lowest BCUT2D eigenvalue weighted by atomic mass is 10.2. The Hall–Kier alpha value is -2.04. The number of guanidine groups is 1. The van der Waals surface area contributed by atoms with Crippen LogP contribution in [0.2, 0.25) is 0 Å². The van der Waals surface area contributed by atoms with Crippen LogP contribution in [0, 0.1) is 5.82 Å². The number of rotatable bonds is 8. The largest absolute Gasteiger partial charge is 0.491 e. The quantitative estimate of drug-likeness (QED) is 0.347. The van der Waals surface area contributed by atoms with Crippen LogP contribution in [0.4, 0.5) is 4.39 Å². The molecule has 4 nitrogen and oxygen atoms in total. The predicted octanol–water partition coefficient (Wildman–Crippen LogP) is 3.20. The van der Waals surface area contributed by atoms with Crippen LogP contribution >= 0.6 is 0 Å². The number of hydrogen-bond donors (Lipinski definition) is 1. The molecule has 1 aromatic carbocycles. The molecule has 0 fully saturated rings. The van der Waals surface area contributed by atoms with Gasteiger partial charge in [-0.15, -0.1) is 6.58 Å². The van der Waals surface area contributed by atoms with Gasteiger partial charge in [0.05, 0.1) is 6.61 Å². The molecule has 1 rings (SSSR count). The fourth-order valence-corrected chi connectivity index (χ4v) is 2.07. The Labute approximate surface area is 132 Å². The van der Waals surface area contributed by atoms with E-state index in [-0.39, 0.29) is 11.6 Å². The molecular weight excluding hydrogens is 281 g/mol. The van der Waals surface area contributed by atoms with Gasteiger partial charge in [-0.05, 0) is 37.5 Å². The van der Waals surface area contributed by atoms with Crippen molar-refractivity contribution < 1.29 is 9.13 Å². The highest BCUT2D eigenvalue weighted by molar-refractivity contribution is 5.79. The van der Waals surface area contributed by atoms with Gasteiger partial charge in [-0.3, -0.25) is 4.99 Å². The molecule has 0 aliphatic carbocycles. The van der Waals surface area contributed by atoms with E-state index in [1.54, 1.807) is 13.1 Å². The van der Waals surface area contributed by atoms with Crippen molar-refractivity contribution in [1.29, 1.82) is 0 Å². The van der Waals surface area contributed by atoms with Crippen molar-refractivity contribution in [3.05, 3.63) is 42.2 Å². The summed E-state index contributed by atoms with van der Waals surface area (Å²) in [5, 5.41) is 3.23.